The molecule has 31 heavy (non-hydrogen) atoms. The Hall–Kier alpha value is -2.58. The summed E-state index contributed by atoms with van der Waals surface area (Å²) >= 11 is 0. The fraction of sp³-hybridized carbons (Fsp3) is 0.435. The summed E-state index contributed by atoms with van der Waals surface area (Å²) in [5.74, 6) is 0.983. The van der Waals surface area contributed by atoms with Crippen LogP contribution in [0, 0.1) is 0 Å². The first-order valence-corrected chi connectivity index (χ1v) is 12.1. The van der Waals surface area contributed by atoms with Gasteiger partial charge in [0, 0.05) is 18.7 Å². The maximum Gasteiger partial charge on any atom is 0.251 e. The van der Waals surface area contributed by atoms with E-state index in [0.717, 1.165) is 18.4 Å². The number of methoxy groups -OCH3 is 2. The fourth-order valence-corrected chi connectivity index (χ4v) is 5.36. The van der Waals surface area contributed by atoms with Gasteiger partial charge in [-0.25, -0.2) is 12.7 Å². The smallest absolute Gasteiger partial charge is 0.251 e. The van der Waals surface area contributed by atoms with E-state index in [2.05, 4.69) is 5.32 Å². The van der Waals surface area contributed by atoms with Crippen molar-refractivity contribution in [2.45, 2.75) is 38.0 Å². The molecule has 0 saturated carbocycles. The van der Waals surface area contributed by atoms with E-state index in [1.54, 1.807) is 42.8 Å². The highest BCUT2D eigenvalue weighted by Crippen LogP contribution is 2.31. The second kappa shape index (κ2) is 10.2. The molecule has 7 nitrogen and oxygen atoms in total. The minimum Gasteiger partial charge on any atom is -0.493 e. The quantitative estimate of drug-likeness (QED) is 0.637. The third kappa shape index (κ3) is 5.57. The SMILES string of the molecule is CCC(NC(=O)c1ccc(CS(=O)(=O)N2CCCC2)cc1)c1ccc(OC)c(OC)c1. The highest BCUT2D eigenvalue weighted by molar-refractivity contribution is 7.88. The Kier molecular flexibility index (Phi) is 7.56. The summed E-state index contributed by atoms with van der Waals surface area (Å²) < 4.78 is 37.2. The summed E-state index contributed by atoms with van der Waals surface area (Å²) in [7, 11) is -0.151. The van der Waals surface area contributed by atoms with Crippen molar-refractivity contribution in [1.29, 1.82) is 0 Å². The van der Waals surface area contributed by atoms with Crippen LogP contribution in [-0.2, 0) is 15.8 Å². The Morgan fingerprint density at radius 3 is 2.26 bits per heavy atom. The number of nitrogens with one attached hydrogen (secondary N) is 1. The number of carbonyl (C=O) groups is 1. The van der Waals surface area contributed by atoms with Crippen molar-refractivity contribution >= 4 is 15.9 Å². The van der Waals surface area contributed by atoms with Crippen LogP contribution in [0.3, 0.4) is 0 Å². The Bertz CT molecular complexity index is 999. The summed E-state index contributed by atoms with van der Waals surface area (Å²) in [6.07, 6.45) is 2.53. The Morgan fingerprint density at radius 2 is 1.68 bits per heavy atom. The number of hydrogen-bond donors (Lipinski definition) is 1. The lowest BCUT2D eigenvalue weighted by atomic mass is 10.0. The molecule has 1 heterocycles. The van der Waals surface area contributed by atoms with Gasteiger partial charge in [0.1, 0.15) is 0 Å². The van der Waals surface area contributed by atoms with Gasteiger partial charge < -0.3 is 14.8 Å². The lowest BCUT2D eigenvalue weighted by Gasteiger charge is -2.19. The van der Waals surface area contributed by atoms with Gasteiger partial charge in [-0.3, -0.25) is 4.79 Å². The number of carbonyl (C=O) groups excluding carboxylic acids is 1. The monoisotopic (exact) mass is 446 g/mol. The zero-order valence-corrected chi connectivity index (χ0v) is 19.1. The number of rotatable bonds is 9. The lowest BCUT2D eigenvalue weighted by Crippen LogP contribution is -2.29. The predicted octanol–water partition coefficient (Wildman–Crippen LogP) is 3.51. The topological polar surface area (TPSA) is 84.9 Å². The van der Waals surface area contributed by atoms with E-state index in [1.807, 2.05) is 25.1 Å². The molecule has 1 fully saturated rings. The highest BCUT2D eigenvalue weighted by atomic mass is 32.2. The molecule has 1 saturated heterocycles. The van der Waals surface area contributed by atoms with Crippen molar-refractivity contribution in [3.05, 3.63) is 59.2 Å². The van der Waals surface area contributed by atoms with Crippen molar-refractivity contribution in [2.24, 2.45) is 0 Å². The number of nitrogens with zero attached hydrogens (tertiary/aromatic N) is 1. The summed E-state index contributed by atoms with van der Waals surface area (Å²) in [5, 5.41) is 3.04. The Balaban J connectivity index is 1.68. The molecule has 1 aliphatic rings. The van der Waals surface area contributed by atoms with Gasteiger partial charge in [0.25, 0.3) is 5.91 Å². The molecule has 2 aromatic rings. The van der Waals surface area contributed by atoms with Gasteiger partial charge in [-0.05, 0) is 54.7 Å². The second-order valence-electron chi connectivity index (χ2n) is 7.61. The molecular weight excluding hydrogens is 416 g/mol. The largest absolute Gasteiger partial charge is 0.493 e. The number of amides is 1. The molecule has 0 radical (unpaired) electrons. The predicted molar refractivity (Wildman–Crippen MR) is 120 cm³/mol. The van der Waals surface area contributed by atoms with E-state index >= 15 is 0 Å². The van der Waals surface area contributed by atoms with E-state index in [4.69, 9.17) is 9.47 Å². The van der Waals surface area contributed by atoms with Gasteiger partial charge in [-0.1, -0.05) is 25.1 Å². The number of benzene rings is 2. The molecule has 1 amide bonds. The number of ether oxygens (including phenoxy) is 2. The van der Waals surface area contributed by atoms with Crippen LogP contribution in [0.2, 0.25) is 0 Å². The first kappa shape index (κ1) is 23.1. The van der Waals surface area contributed by atoms with Gasteiger partial charge >= 0.3 is 0 Å². The molecule has 1 atom stereocenters. The highest BCUT2D eigenvalue weighted by Gasteiger charge is 2.25. The van der Waals surface area contributed by atoms with Gasteiger partial charge in [-0.2, -0.15) is 0 Å². The zero-order valence-electron chi connectivity index (χ0n) is 18.3. The molecule has 8 heteroatoms. The average molecular weight is 447 g/mol. The molecule has 168 valence electrons. The first-order chi connectivity index (χ1) is 14.9. The van der Waals surface area contributed by atoms with Crippen LogP contribution in [-0.4, -0.2) is 45.9 Å². The average Bonchev–Trinajstić information content (AvgIpc) is 3.33. The normalized spacial score (nSPS) is 15.5. The summed E-state index contributed by atoms with van der Waals surface area (Å²) in [5.41, 5.74) is 2.08. The van der Waals surface area contributed by atoms with Crippen LogP contribution in [0.15, 0.2) is 42.5 Å². The van der Waals surface area contributed by atoms with E-state index in [1.165, 1.54) is 0 Å². The van der Waals surface area contributed by atoms with Crippen LogP contribution in [0.5, 0.6) is 11.5 Å². The van der Waals surface area contributed by atoms with E-state index in [0.29, 0.717) is 42.1 Å². The Morgan fingerprint density at radius 1 is 1.03 bits per heavy atom. The number of sulfonamides is 1. The minimum absolute atomic E-state index is 0.0435. The van der Waals surface area contributed by atoms with Crippen molar-refractivity contribution < 1.29 is 22.7 Å². The van der Waals surface area contributed by atoms with Crippen LogP contribution >= 0.6 is 0 Å². The fourth-order valence-electron chi connectivity index (χ4n) is 3.75. The van der Waals surface area contributed by atoms with Gasteiger partial charge in [0.15, 0.2) is 11.5 Å². The molecule has 2 aromatic carbocycles. The van der Waals surface area contributed by atoms with Crippen molar-refractivity contribution in [3.8, 4) is 11.5 Å². The molecule has 1 aliphatic heterocycles. The molecule has 0 aliphatic carbocycles. The van der Waals surface area contributed by atoms with E-state index in [-0.39, 0.29) is 17.7 Å². The molecule has 1 unspecified atom stereocenters. The van der Waals surface area contributed by atoms with Crippen LogP contribution in [0.4, 0.5) is 0 Å². The minimum atomic E-state index is -3.31. The lowest BCUT2D eigenvalue weighted by molar-refractivity contribution is 0.0935. The van der Waals surface area contributed by atoms with Gasteiger partial charge in [0.2, 0.25) is 10.0 Å². The molecule has 0 spiro atoms. The molecule has 3 rings (SSSR count). The van der Waals surface area contributed by atoms with Crippen LogP contribution < -0.4 is 14.8 Å². The van der Waals surface area contributed by atoms with Crippen LogP contribution in [0.1, 0.15) is 53.7 Å². The summed E-state index contributed by atoms with van der Waals surface area (Å²) in [6, 6.07) is 12.2. The molecule has 0 bridgehead atoms. The van der Waals surface area contributed by atoms with Crippen LogP contribution in [0.25, 0.3) is 0 Å². The standard InChI is InChI=1S/C23H30N2O5S/c1-4-20(19-11-12-21(29-2)22(15-19)30-3)24-23(26)18-9-7-17(8-10-18)16-31(27,28)25-13-5-6-14-25/h7-12,15,20H,4-6,13-14,16H2,1-3H3,(H,24,26). The zero-order chi connectivity index (χ0) is 22.4. The van der Waals surface area contributed by atoms with E-state index in [9.17, 15) is 13.2 Å². The maximum absolute atomic E-state index is 12.8. The Labute approximate surface area is 184 Å². The van der Waals surface area contributed by atoms with E-state index < -0.39 is 10.0 Å². The van der Waals surface area contributed by atoms with Crippen molar-refractivity contribution in [1.82, 2.24) is 9.62 Å². The molecule has 0 aromatic heterocycles. The first-order valence-electron chi connectivity index (χ1n) is 10.5. The van der Waals surface area contributed by atoms with Crippen molar-refractivity contribution in [2.75, 3.05) is 27.3 Å². The summed E-state index contributed by atoms with van der Waals surface area (Å²) in [4.78, 5) is 12.8. The maximum atomic E-state index is 12.8. The second-order valence-corrected chi connectivity index (χ2v) is 9.58. The summed E-state index contributed by atoms with van der Waals surface area (Å²) in [6.45, 7) is 3.18. The molecule has 1 N–H and O–H groups in total. The third-order valence-electron chi connectivity index (χ3n) is 5.55. The van der Waals surface area contributed by atoms with Gasteiger partial charge in [-0.15, -0.1) is 0 Å². The third-order valence-corrected chi connectivity index (χ3v) is 7.40. The van der Waals surface area contributed by atoms with Gasteiger partial charge in [0.05, 0.1) is 26.0 Å². The number of hydrogen-bond acceptors (Lipinski definition) is 5. The molecular formula is C23H30N2O5S. The van der Waals surface area contributed by atoms with Crippen molar-refractivity contribution in [3.63, 3.8) is 0 Å².